The Labute approximate surface area is 154 Å². The first-order valence-corrected chi connectivity index (χ1v) is 10.1. The highest BCUT2D eigenvalue weighted by atomic mass is 32.2. The van der Waals surface area contributed by atoms with Crippen molar-refractivity contribution in [2.45, 2.75) is 43.1 Å². The summed E-state index contributed by atoms with van der Waals surface area (Å²) >= 11 is 1.92. The molecule has 2 aliphatic carbocycles. The van der Waals surface area contributed by atoms with Crippen LogP contribution in [-0.4, -0.2) is 10.5 Å². The van der Waals surface area contributed by atoms with Crippen molar-refractivity contribution in [1.82, 2.24) is 0 Å². The Kier molecular flexibility index (Phi) is 2.88. The molecule has 0 N–H and O–H groups in total. The highest BCUT2D eigenvalue weighted by Crippen LogP contribution is 2.87. The lowest BCUT2D eigenvalue weighted by atomic mass is 9.70. The van der Waals surface area contributed by atoms with Crippen LogP contribution in [-0.2, 0) is 9.54 Å². The molecule has 0 aromatic heterocycles. The molecule has 1 heterocycles. The number of carbonyl (C=O) groups is 1. The van der Waals surface area contributed by atoms with E-state index in [-0.39, 0.29) is 20.3 Å². The Morgan fingerprint density at radius 3 is 1.84 bits per heavy atom. The van der Waals surface area contributed by atoms with Gasteiger partial charge in [-0.3, -0.25) is 4.79 Å². The van der Waals surface area contributed by atoms with Crippen molar-refractivity contribution in [3.63, 3.8) is 0 Å². The van der Waals surface area contributed by atoms with Gasteiger partial charge in [-0.25, -0.2) is 0 Å². The molecule has 2 aromatic rings. The molecule has 1 spiro atoms. The number of ketones is 1. The number of rotatable bonds is 2. The minimum Gasteiger partial charge on any atom is -0.297 e. The second-order valence-electron chi connectivity index (χ2n) is 8.73. The Morgan fingerprint density at radius 2 is 1.40 bits per heavy atom. The molecule has 3 aliphatic rings. The van der Waals surface area contributed by atoms with Crippen LogP contribution in [0.2, 0.25) is 0 Å². The van der Waals surface area contributed by atoms with Crippen molar-refractivity contribution in [3.8, 4) is 0 Å². The number of thioether (sulfide) groups is 1. The minimum atomic E-state index is -0.286. The molecule has 25 heavy (non-hydrogen) atoms. The average Bonchev–Trinajstić information content (AvgIpc) is 3.23. The van der Waals surface area contributed by atoms with E-state index in [1.807, 2.05) is 11.8 Å². The first-order valence-electron chi connectivity index (χ1n) is 9.27. The summed E-state index contributed by atoms with van der Waals surface area (Å²) in [4.78, 5) is 13.8. The molecular formula is C23H24OS. The fourth-order valence-electron chi connectivity index (χ4n) is 5.98. The monoisotopic (exact) mass is 348 g/mol. The number of hydrogen-bond donors (Lipinski definition) is 0. The molecule has 2 heteroatoms. The van der Waals surface area contributed by atoms with Crippen LogP contribution < -0.4 is 0 Å². The van der Waals surface area contributed by atoms with E-state index >= 15 is 0 Å². The van der Waals surface area contributed by atoms with Gasteiger partial charge in [-0.15, -0.1) is 11.8 Å². The lowest BCUT2D eigenvalue weighted by Crippen LogP contribution is -2.41. The highest BCUT2D eigenvalue weighted by molar-refractivity contribution is 8.10. The van der Waals surface area contributed by atoms with Crippen LogP contribution >= 0.6 is 11.8 Å². The van der Waals surface area contributed by atoms with Gasteiger partial charge in [0, 0.05) is 5.41 Å². The lowest BCUT2D eigenvalue weighted by Gasteiger charge is -2.32. The van der Waals surface area contributed by atoms with Gasteiger partial charge in [0.15, 0.2) is 5.78 Å². The summed E-state index contributed by atoms with van der Waals surface area (Å²) in [6.07, 6.45) is 2.22. The zero-order chi connectivity index (χ0) is 17.5. The van der Waals surface area contributed by atoms with Crippen molar-refractivity contribution in [2.75, 3.05) is 0 Å². The maximum absolute atomic E-state index is 13.8. The SMILES string of the molecule is CC1(C)[C@@H]2CC[C@@]1(C)C(=O)[C@@]21SC1(c1ccccc1)c1ccccc1. The average molecular weight is 349 g/mol. The molecule has 0 radical (unpaired) electrons. The summed E-state index contributed by atoms with van der Waals surface area (Å²) in [6, 6.07) is 21.4. The van der Waals surface area contributed by atoms with Crippen LogP contribution in [0.25, 0.3) is 0 Å². The second kappa shape index (κ2) is 4.59. The number of Topliss-reactive ketones (excluding diaryl/α,β-unsaturated/α-hetero) is 1. The standard InChI is InChI=1S/C23H24OS/c1-20(2)18-14-15-21(20,3)19(24)23(18)22(25-23,16-10-6-4-7-11-16)17-12-8-5-9-13-17/h4-13,18H,14-15H2,1-3H3/t18-,21-,23-/m0/s1. The Bertz CT molecular complexity index is 817. The zero-order valence-corrected chi connectivity index (χ0v) is 15.9. The molecule has 1 saturated heterocycles. The maximum Gasteiger partial charge on any atom is 0.157 e. The molecule has 0 unspecified atom stereocenters. The summed E-state index contributed by atoms with van der Waals surface area (Å²) in [5.74, 6) is 0.946. The Hall–Kier alpha value is -1.54. The zero-order valence-electron chi connectivity index (χ0n) is 15.1. The molecule has 0 amide bonds. The van der Waals surface area contributed by atoms with Crippen LogP contribution in [0.1, 0.15) is 44.7 Å². The summed E-state index contributed by atoms with van der Waals surface area (Å²) in [6.45, 7) is 6.89. The Morgan fingerprint density at radius 1 is 0.880 bits per heavy atom. The Balaban J connectivity index is 1.76. The third kappa shape index (κ3) is 1.53. The first-order chi connectivity index (χ1) is 11.9. The van der Waals surface area contributed by atoms with E-state index in [0.29, 0.717) is 11.7 Å². The normalized spacial score (nSPS) is 36.8. The number of hydrogen-bond acceptors (Lipinski definition) is 2. The topological polar surface area (TPSA) is 17.1 Å². The molecule has 3 atom stereocenters. The first kappa shape index (κ1) is 15.7. The molecule has 1 aliphatic heterocycles. The van der Waals surface area contributed by atoms with E-state index in [4.69, 9.17) is 0 Å². The third-order valence-electron chi connectivity index (χ3n) is 7.71. The predicted octanol–water partition coefficient (Wildman–Crippen LogP) is 5.44. The summed E-state index contributed by atoms with van der Waals surface area (Å²) in [7, 11) is 0. The van der Waals surface area contributed by atoms with Gasteiger partial charge in [0.05, 0.1) is 4.75 Å². The van der Waals surface area contributed by atoms with Crippen molar-refractivity contribution in [3.05, 3.63) is 71.8 Å². The molecule has 2 saturated carbocycles. The predicted molar refractivity (Wildman–Crippen MR) is 104 cm³/mol. The molecule has 5 rings (SSSR count). The number of fused-ring (bicyclic) bond motifs is 3. The smallest absolute Gasteiger partial charge is 0.157 e. The second-order valence-corrected chi connectivity index (χ2v) is 10.2. The molecular weight excluding hydrogens is 324 g/mol. The van der Waals surface area contributed by atoms with Crippen molar-refractivity contribution < 1.29 is 4.79 Å². The van der Waals surface area contributed by atoms with E-state index in [1.54, 1.807) is 0 Å². The van der Waals surface area contributed by atoms with Gasteiger partial charge < -0.3 is 0 Å². The molecule has 2 aromatic carbocycles. The molecule has 128 valence electrons. The quantitative estimate of drug-likeness (QED) is 0.672. The van der Waals surface area contributed by atoms with Gasteiger partial charge in [-0.05, 0) is 35.3 Å². The van der Waals surface area contributed by atoms with Gasteiger partial charge in [0.1, 0.15) is 4.75 Å². The third-order valence-corrected chi connectivity index (χ3v) is 9.71. The van der Waals surface area contributed by atoms with E-state index in [0.717, 1.165) is 6.42 Å². The largest absolute Gasteiger partial charge is 0.297 e. The van der Waals surface area contributed by atoms with Gasteiger partial charge in [0.25, 0.3) is 0 Å². The fourth-order valence-corrected chi connectivity index (χ4v) is 8.27. The van der Waals surface area contributed by atoms with Crippen LogP contribution in [0.5, 0.6) is 0 Å². The number of benzene rings is 2. The van der Waals surface area contributed by atoms with Crippen LogP contribution in [0, 0.1) is 16.7 Å². The van der Waals surface area contributed by atoms with Crippen LogP contribution in [0.3, 0.4) is 0 Å². The van der Waals surface area contributed by atoms with Gasteiger partial charge >= 0.3 is 0 Å². The van der Waals surface area contributed by atoms with E-state index in [9.17, 15) is 4.79 Å². The van der Waals surface area contributed by atoms with Gasteiger partial charge in [-0.1, -0.05) is 81.4 Å². The highest BCUT2D eigenvalue weighted by Gasteiger charge is 2.87. The summed E-state index contributed by atoms with van der Waals surface area (Å²) in [5, 5.41) is 0. The number of carbonyl (C=O) groups excluding carboxylic acids is 1. The van der Waals surface area contributed by atoms with Crippen molar-refractivity contribution >= 4 is 17.5 Å². The van der Waals surface area contributed by atoms with E-state index in [2.05, 4.69) is 81.4 Å². The maximum atomic E-state index is 13.8. The van der Waals surface area contributed by atoms with Gasteiger partial charge in [-0.2, -0.15) is 0 Å². The molecule has 2 bridgehead atoms. The lowest BCUT2D eigenvalue weighted by molar-refractivity contribution is -0.129. The fraction of sp³-hybridized carbons (Fsp3) is 0.435. The van der Waals surface area contributed by atoms with Gasteiger partial charge in [0.2, 0.25) is 0 Å². The van der Waals surface area contributed by atoms with Crippen molar-refractivity contribution in [1.29, 1.82) is 0 Å². The summed E-state index contributed by atoms with van der Waals surface area (Å²) in [5.41, 5.74) is 2.45. The summed E-state index contributed by atoms with van der Waals surface area (Å²) < 4.78 is -0.501. The van der Waals surface area contributed by atoms with E-state index in [1.165, 1.54) is 17.5 Å². The van der Waals surface area contributed by atoms with E-state index < -0.39 is 0 Å². The molecule has 3 fully saturated rings. The minimum absolute atomic E-state index is 0.0718. The van der Waals surface area contributed by atoms with Crippen LogP contribution in [0.4, 0.5) is 0 Å². The van der Waals surface area contributed by atoms with Crippen molar-refractivity contribution in [2.24, 2.45) is 16.7 Å². The van der Waals surface area contributed by atoms with Crippen LogP contribution in [0.15, 0.2) is 60.7 Å². The molecule has 1 nitrogen and oxygen atoms in total.